The van der Waals surface area contributed by atoms with Crippen molar-refractivity contribution in [3.05, 3.63) is 64.0 Å². The third kappa shape index (κ3) is 5.74. The third-order valence-corrected chi connectivity index (χ3v) is 4.31. The molecule has 0 bridgehead atoms. The topological polar surface area (TPSA) is 117 Å². The first-order chi connectivity index (χ1) is 14.4. The Morgan fingerprint density at radius 2 is 2.00 bits per heavy atom. The Morgan fingerprint density at radius 1 is 1.23 bits per heavy atom. The molecule has 0 unspecified atom stereocenters. The van der Waals surface area contributed by atoms with E-state index in [1.54, 1.807) is 12.1 Å². The number of nitrogens with zero attached hydrogens (tertiary/aromatic N) is 1. The standard InChI is InChI=1S/C20H19FN2O7/c21-14-5-8-17(18(10-14)23(26)27)22-19(24)12-30-20(25)13-3-6-15(7-4-13)29-11-16-2-1-9-28-16/h3-8,10,16H,1-2,9,11-12H2,(H,22,24)/t16-/m1/s1. The molecule has 2 aromatic rings. The fraction of sp³-hybridized carbons (Fsp3) is 0.300. The van der Waals surface area contributed by atoms with Gasteiger partial charge in [-0.3, -0.25) is 14.9 Å². The Bertz CT molecular complexity index is 927. The van der Waals surface area contributed by atoms with Crippen molar-refractivity contribution in [1.29, 1.82) is 0 Å². The number of nitro benzene ring substituents is 1. The van der Waals surface area contributed by atoms with Crippen LogP contribution in [0.4, 0.5) is 15.8 Å². The van der Waals surface area contributed by atoms with Gasteiger partial charge in [-0.05, 0) is 49.2 Å². The van der Waals surface area contributed by atoms with E-state index < -0.39 is 34.9 Å². The SMILES string of the molecule is O=C(COC(=O)c1ccc(OC[C@H]2CCCO2)cc1)Nc1ccc(F)cc1[N+](=O)[O-]. The second-order valence-electron chi connectivity index (χ2n) is 6.51. The average molecular weight is 418 g/mol. The van der Waals surface area contributed by atoms with Crippen molar-refractivity contribution in [2.75, 3.05) is 25.1 Å². The lowest BCUT2D eigenvalue weighted by molar-refractivity contribution is -0.384. The van der Waals surface area contributed by atoms with Crippen molar-refractivity contribution in [1.82, 2.24) is 0 Å². The molecule has 2 aromatic carbocycles. The molecule has 3 rings (SSSR count). The number of esters is 1. The van der Waals surface area contributed by atoms with E-state index in [0.29, 0.717) is 18.4 Å². The fourth-order valence-electron chi connectivity index (χ4n) is 2.81. The van der Waals surface area contributed by atoms with Crippen molar-refractivity contribution < 1.29 is 33.1 Å². The van der Waals surface area contributed by atoms with E-state index in [4.69, 9.17) is 14.2 Å². The van der Waals surface area contributed by atoms with E-state index in [0.717, 1.165) is 31.6 Å². The molecule has 1 atom stereocenters. The van der Waals surface area contributed by atoms with Gasteiger partial charge in [-0.25, -0.2) is 9.18 Å². The van der Waals surface area contributed by atoms with E-state index in [1.807, 2.05) is 0 Å². The first-order valence-corrected chi connectivity index (χ1v) is 9.18. The lowest BCUT2D eigenvalue weighted by Crippen LogP contribution is -2.21. The number of rotatable bonds is 8. The number of amides is 1. The molecule has 1 aliphatic rings. The molecule has 158 valence electrons. The van der Waals surface area contributed by atoms with Crippen molar-refractivity contribution in [2.24, 2.45) is 0 Å². The molecule has 30 heavy (non-hydrogen) atoms. The van der Waals surface area contributed by atoms with Crippen LogP contribution in [0.3, 0.4) is 0 Å². The molecule has 1 N–H and O–H groups in total. The maximum absolute atomic E-state index is 13.1. The molecule has 10 heteroatoms. The number of nitrogens with one attached hydrogen (secondary N) is 1. The van der Waals surface area contributed by atoms with Gasteiger partial charge in [0, 0.05) is 6.61 Å². The van der Waals surface area contributed by atoms with E-state index in [-0.39, 0.29) is 17.4 Å². The molecule has 1 heterocycles. The van der Waals surface area contributed by atoms with Crippen LogP contribution in [0.15, 0.2) is 42.5 Å². The maximum atomic E-state index is 13.1. The summed E-state index contributed by atoms with van der Waals surface area (Å²) in [6.45, 7) is 0.505. The highest BCUT2D eigenvalue weighted by Crippen LogP contribution is 2.25. The number of carbonyl (C=O) groups excluding carboxylic acids is 2. The number of carbonyl (C=O) groups is 2. The first kappa shape index (κ1) is 21.2. The van der Waals surface area contributed by atoms with Crippen LogP contribution in [-0.2, 0) is 14.3 Å². The highest BCUT2D eigenvalue weighted by molar-refractivity contribution is 5.96. The van der Waals surface area contributed by atoms with Crippen LogP contribution in [0.5, 0.6) is 5.75 Å². The predicted molar refractivity (Wildman–Crippen MR) is 103 cm³/mol. The maximum Gasteiger partial charge on any atom is 0.338 e. The predicted octanol–water partition coefficient (Wildman–Crippen LogP) is 3.09. The van der Waals surface area contributed by atoms with Gasteiger partial charge in [-0.15, -0.1) is 0 Å². The van der Waals surface area contributed by atoms with E-state index in [2.05, 4.69) is 5.32 Å². The summed E-state index contributed by atoms with van der Waals surface area (Å²) in [5.74, 6) is -1.78. The van der Waals surface area contributed by atoms with E-state index >= 15 is 0 Å². The van der Waals surface area contributed by atoms with E-state index in [9.17, 15) is 24.1 Å². The van der Waals surface area contributed by atoms with Crippen molar-refractivity contribution in [3.8, 4) is 5.75 Å². The lowest BCUT2D eigenvalue weighted by atomic mass is 10.2. The van der Waals surface area contributed by atoms with Crippen LogP contribution < -0.4 is 10.1 Å². The summed E-state index contributed by atoms with van der Waals surface area (Å²) >= 11 is 0. The zero-order valence-electron chi connectivity index (χ0n) is 15.8. The Labute approximate surface area is 170 Å². The van der Waals surface area contributed by atoms with Crippen LogP contribution in [0.1, 0.15) is 23.2 Å². The molecule has 9 nitrogen and oxygen atoms in total. The largest absolute Gasteiger partial charge is 0.491 e. The Balaban J connectivity index is 1.49. The monoisotopic (exact) mass is 418 g/mol. The van der Waals surface area contributed by atoms with Gasteiger partial charge in [0.2, 0.25) is 0 Å². The summed E-state index contributed by atoms with van der Waals surface area (Å²) in [4.78, 5) is 34.1. The van der Waals surface area contributed by atoms with Gasteiger partial charge in [-0.1, -0.05) is 0 Å². The highest BCUT2D eigenvalue weighted by Gasteiger charge is 2.19. The van der Waals surface area contributed by atoms with Crippen molar-refractivity contribution >= 4 is 23.3 Å². The summed E-state index contributed by atoms with van der Waals surface area (Å²) in [7, 11) is 0. The summed E-state index contributed by atoms with van der Waals surface area (Å²) in [6, 6.07) is 8.91. The molecule has 1 fully saturated rings. The highest BCUT2D eigenvalue weighted by atomic mass is 19.1. The number of nitro groups is 1. The molecule has 1 aliphatic heterocycles. The van der Waals surface area contributed by atoms with Crippen LogP contribution in [0, 0.1) is 15.9 Å². The number of hydrogen-bond acceptors (Lipinski definition) is 7. The molecule has 0 aliphatic carbocycles. The molecule has 0 aromatic heterocycles. The Kier molecular flexibility index (Phi) is 6.91. The summed E-state index contributed by atoms with van der Waals surface area (Å²) in [5, 5.41) is 13.2. The summed E-state index contributed by atoms with van der Waals surface area (Å²) in [5.41, 5.74) is -0.594. The fourth-order valence-corrected chi connectivity index (χ4v) is 2.81. The molecule has 0 radical (unpaired) electrons. The minimum absolute atomic E-state index is 0.0742. The minimum Gasteiger partial charge on any atom is -0.491 e. The van der Waals surface area contributed by atoms with Gasteiger partial charge < -0.3 is 19.5 Å². The van der Waals surface area contributed by atoms with Crippen LogP contribution in [0.25, 0.3) is 0 Å². The van der Waals surface area contributed by atoms with Gasteiger partial charge in [0.15, 0.2) is 6.61 Å². The second-order valence-corrected chi connectivity index (χ2v) is 6.51. The van der Waals surface area contributed by atoms with Gasteiger partial charge in [0.1, 0.15) is 23.9 Å². The number of anilines is 1. The van der Waals surface area contributed by atoms with Gasteiger partial charge in [-0.2, -0.15) is 0 Å². The molecular formula is C20H19FN2O7. The molecule has 1 saturated heterocycles. The lowest BCUT2D eigenvalue weighted by Gasteiger charge is -2.11. The zero-order valence-corrected chi connectivity index (χ0v) is 15.8. The van der Waals surface area contributed by atoms with Gasteiger partial charge in [0.25, 0.3) is 11.6 Å². The molecular weight excluding hydrogens is 399 g/mol. The Morgan fingerprint density at radius 3 is 2.67 bits per heavy atom. The molecule has 0 saturated carbocycles. The second kappa shape index (κ2) is 9.79. The summed E-state index contributed by atoms with van der Waals surface area (Å²) < 4.78 is 29.1. The number of hydrogen-bond donors (Lipinski definition) is 1. The average Bonchev–Trinajstić information content (AvgIpc) is 3.25. The smallest absolute Gasteiger partial charge is 0.338 e. The summed E-state index contributed by atoms with van der Waals surface area (Å²) in [6.07, 6.45) is 2.04. The third-order valence-electron chi connectivity index (χ3n) is 4.31. The van der Waals surface area contributed by atoms with Crippen LogP contribution in [0.2, 0.25) is 0 Å². The Hall–Kier alpha value is -3.53. The van der Waals surface area contributed by atoms with Crippen LogP contribution in [-0.4, -0.2) is 42.7 Å². The van der Waals surface area contributed by atoms with Crippen LogP contribution >= 0.6 is 0 Å². The molecule has 0 spiro atoms. The van der Waals surface area contributed by atoms with Crippen molar-refractivity contribution in [2.45, 2.75) is 18.9 Å². The van der Waals surface area contributed by atoms with Gasteiger partial charge >= 0.3 is 5.97 Å². The van der Waals surface area contributed by atoms with Crippen molar-refractivity contribution in [3.63, 3.8) is 0 Å². The van der Waals surface area contributed by atoms with E-state index in [1.165, 1.54) is 12.1 Å². The zero-order chi connectivity index (χ0) is 21.5. The number of benzene rings is 2. The normalized spacial score (nSPS) is 15.4. The number of halogens is 1. The molecule has 1 amide bonds. The minimum atomic E-state index is -0.826. The van der Waals surface area contributed by atoms with Gasteiger partial charge in [0.05, 0.1) is 22.7 Å². The first-order valence-electron chi connectivity index (χ1n) is 9.18. The quantitative estimate of drug-likeness (QED) is 0.398. The number of ether oxygens (including phenoxy) is 3.